The summed E-state index contributed by atoms with van der Waals surface area (Å²) in [6.45, 7) is 0.451. The first kappa shape index (κ1) is 24.6. The number of fused-ring (bicyclic) bond motifs is 2. The Bertz CT molecular complexity index is 1540. The Balaban J connectivity index is 1.30. The number of H-pyrrole nitrogens is 1. The third-order valence-corrected chi connectivity index (χ3v) is 7.54. The van der Waals surface area contributed by atoms with Crippen LogP contribution in [0.25, 0.3) is 10.9 Å². The summed E-state index contributed by atoms with van der Waals surface area (Å²) in [5, 5.41) is 0.909. The summed E-state index contributed by atoms with van der Waals surface area (Å²) in [6, 6.07) is 21.7. The molecule has 0 aliphatic carbocycles. The number of nitrogens with one attached hydrogen (secondary N) is 1. The molecular weight excluding hydrogens is 494 g/mol. The first-order chi connectivity index (χ1) is 19.0. The van der Waals surface area contributed by atoms with Crippen molar-refractivity contribution in [3.63, 3.8) is 0 Å². The van der Waals surface area contributed by atoms with Crippen LogP contribution >= 0.6 is 0 Å². The van der Waals surface area contributed by atoms with Crippen LogP contribution in [0.5, 0.6) is 0 Å². The van der Waals surface area contributed by atoms with E-state index in [1.54, 1.807) is 30.5 Å². The summed E-state index contributed by atoms with van der Waals surface area (Å²) in [5.41, 5.74) is 3.11. The number of para-hydroxylation sites is 1. The van der Waals surface area contributed by atoms with Gasteiger partial charge in [-0.05, 0) is 42.2 Å². The Morgan fingerprint density at radius 1 is 0.897 bits per heavy atom. The van der Waals surface area contributed by atoms with Gasteiger partial charge in [0, 0.05) is 30.1 Å². The van der Waals surface area contributed by atoms with Crippen molar-refractivity contribution < 1.29 is 23.9 Å². The number of carbonyl (C=O) groups excluding carboxylic acids is 4. The van der Waals surface area contributed by atoms with E-state index in [0.717, 1.165) is 26.9 Å². The molecule has 0 bridgehead atoms. The van der Waals surface area contributed by atoms with Crippen molar-refractivity contribution in [2.45, 2.75) is 38.0 Å². The number of ether oxygens (including phenoxy) is 1. The number of imide groups is 1. The fraction of sp³-hybridized carbons (Fsp3) is 0.226. The molecule has 1 N–H and O–H groups in total. The SMILES string of the molecule is O=C(OCc1ccccc1)[C@@H]1CCCN1C(=O)[C@H](Cc1c[nH]c2ccccc12)N1C(=O)c2ccccc2C1=O. The molecule has 3 amide bonds. The number of carbonyl (C=O) groups is 4. The van der Waals surface area contributed by atoms with Crippen molar-refractivity contribution in [3.8, 4) is 0 Å². The summed E-state index contributed by atoms with van der Waals surface area (Å²) in [7, 11) is 0. The number of hydrogen-bond acceptors (Lipinski definition) is 5. The van der Waals surface area contributed by atoms with Crippen LogP contribution in [0.3, 0.4) is 0 Å². The number of benzene rings is 3. The topological polar surface area (TPSA) is 99.8 Å². The van der Waals surface area contributed by atoms with Gasteiger partial charge in [0.1, 0.15) is 18.7 Å². The molecule has 4 aromatic rings. The van der Waals surface area contributed by atoms with E-state index in [1.807, 2.05) is 54.6 Å². The molecule has 2 aliphatic rings. The lowest BCUT2D eigenvalue weighted by atomic mass is 10.0. The van der Waals surface area contributed by atoms with Crippen LogP contribution in [0.15, 0.2) is 85.1 Å². The molecule has 8 nitrogen and oxygen atoms in total. The number of aromatic nitrogens is 1. The van der Waals surface area contributed by atoms with Gasteiger partial charge in [-0.25, -0.2) is 4.79 Å². The van der Waals surface area contributed by atoms with Crippen LogP contribution in [0, 0.1) is 0 Å². The first-order valence-electron chi connectivity index (χ1n) is 13.1. The smallest absolute Gasteiger partial charge is 0.329 e. The minimum atomic E-state index is -1.11. The highest BCUT2D eigenvalue weighted by Gasteiger charge is 2.46. The zero-order valence-electron chi connectivity index (χ0n) is 21.2. The van der Waals surface area contributed by atoms with Crippen molar-refractivity contribution in [2.24, 2.45) is 0 Å². The molecule has 0 unspecified atom stereocenters. The third-order valence-electron chi connectivity index (χ3n) is 7.54. The van der Waals surface area contributed by atoms with Crippen molar-refractivity contribution >= 4 is 34.6 Å². The molecule has 3 heterocycles. The lowest BCUT2D eigenvalue weighted by molar-refractivity contribution is -0.155. The average molecular weight is 522 g/mol. The van der Waals surface area contributed by atoms with Crippen LogP contribution in [0.4, 0.5) is 0 Å². The number of hydrogen-bond donors (Lipinski definition) is 1. The van der Waals surface area contributed by atoms with Crippen LogP contribution in [-0.4, -0.2) is 57.1 Å². The van der Waals surface area contributed by atoms with Gasteiger partial charge in [-0.15, -0.1) is 0 Å². The second-order valence-corrected chi connectivity index (χ2v) is 9.89. The van der Waals surface area contributed by atoms with Gasteiger partial charge >= 0.3 is 5.97 Å². The summed E-state index contributed by atoms with van der Waals surface area (Å²) in [6.07, 6.45) is 3.01. The molecule has 8 heteroatoms. The Morgan fingerprint density at radius 2 is 1.56 bits per heavy atom. The molecule has 1 fully saturated rings. The molecular formula is C31H27N3O5. The van der Waals surface area contributed by atoms with Crippen LogP contribution in [0.1, 0.15) is 44.7 Å². The van der Waals surface area contributed by atoms with E-state index in [9.17, 15) is 19.2 Å². The largest absolute Gasteiger partial charge is 0.459 e. The van der Waals surface area contributed by atoms with Crippen molar-refractivity contribution in [2.75, 3.05) is 6.54 Å². The van der Waals surface area contributed by atoms with Crippen molar-refractivity contribution in [1.29, 1.82) is 0 Å². The van der Waals surface area contributed by atoms with Gasteiger partial charge < -0.3 is 14.6 Å². The molecule has 1 saturated heterocycles. The number of aromatic amines is 1. The summed E-state index contributed by atoms with van der Waals surface area (Å²) < 4.78 is 5.57. The molecule has 3 aromatic carbocycles. The minimum absolute atomic E-state index is 0.107. The first-order valence-corrected chi connectivity index (χ1v) is 13.1. The molecule has 39 heavy (non-hydrogen) atoms. The van der Waals surface area contributed by atoms with Crippen LogP contribution in [-0.2, 0) is 27.4 Å². The summed E-state index contributed by atoms with van der Waals surface area (Å²) in [4.78, 5) is 60.0. The number of likely N-dealkylation sites (tertiary alicyclic amines) is 1. The molecule has 196 valence electrons. The highest BCUT2D eigenvalue weighted by Crippen LogP contribution is 2.30. The Hall–Kier alpha value is -4.72. The van der Waals surface area contributed by atoms with E-state index in [2.05, 4.69) is 4.98 Å². The lowest BCUT2D eigenvalue weighted by Gasteiger charge is -2.31. The quantitative estimate of drug-likeness (QED) is 0.292. The Kier molecular flexibility index (Phi) is 6.44. The minimum Gasteiger partial charge on any atom is -0.459 e. The predicted octanol–water partition coefficient (Wildman–Crippen LogP) is 4.11. The summed E-state index contributed by atoms with van der Waals surface area (Å²) in [5.74, 6) is -1.93. The second-order valence-electron chi connectivity index (χ2n) is 9.89. The van der Waals surface area contributed by atoms with Gasteiger partial charge in [0.05, 0.1) is 11.1 Å². The fourth-order valence-corrected chi connectivity index (χ4v) is 5.58. The predicted molar refractivity (Wildman–Crippen MR) is 144 cm³/mol. The number of nitrogens with zero attached hydrogens (tertiary/aromatic N) is 2. The van der Waals surface area contributed by atoms with E-state index in [4.69, 9.17) is 4.74 Å². The van der Waals surface area contributed by atoms with Gasteiger partial charge in [0.2, 0.25) is 5.91 Å². The van der Waals surface area contributed by atoms with E-state index >= 15 is 0 Å². The fourth-order valence-electron chi connectivity index (χ4n) is 5.58. The molecule has 6 rings (SSSR count). The lowest BCUT2D eigenvalue weighted by Crippen LogP contribution is -2.54. The van der Waals surface area contributed by atoms with E-state index in [1.165, 1.54) is 4.90 Å². The zero-order chi connectivity index (χ0) is 26.9. The highest BCUT2D eigenvalue weighted by molar-refractivity contribution is 6.23. The maximum absolute atomic E-state index is 14.2. The molecule has 2 atom stereocenters. The third kappa shape index (κ3) is 4.48. The molecule has 1 aromatic heterocycles. The van der Waals surface area contributed by atoms with E-state index < -0.39 is 35.8 Å². The molecule has 0 radical (unpaired) electrons. The van der Waals surface area contributed by atoms with Gasteiger partial charge in [0.15, 0.2) is 0 Å². The van der Waals surface area contributed by atoms with Gasteiger partial charge in [-0.1, -0.05) is 60.7 Å². The van der Waals surface area contributed by atoms with Crippen LogP contribution in [0.2, 0.25) is 0 Å². The van der Waals surface area contributed by atoms with Crippen molar-refractivity contribution in [1.82, 2.24) is 14.8 Å². The molecule has 0 spiro atoms. The number of esters is 1. The standard InChI is InChI=1S/C31H27N3O5/c35-28-23-12-4-5-13-24(23)29(36)34(28)27(17-21-18-32-25-14-7-6-11-22(21)25)30(37)33-16-8-15-26(33)31(38)39-19-20-9-2-1-3-10-20/h1-7,9-14,18,26-27,32H,8,15-17,19H2/t26-,27-/m0/s1. The molecule has 0 saturated carbocycles. The Morgan fingerprint density at radius 3 is 2.31 bits per heavy atom. The van der Waals surface area contributed by atoms with E-state index in [-0.39, 0.29) is 24.2 Å². The number of amides is 3. The maximum Gasteiger partial charge on any atom is 0.329 e. The monoisotopic (exact) mass is 521 g/mol. The maximum atomic E-state index is 14.2. The van der Waals surface area contributed by atoms with Crippen molar-refractivity contribution in [3.05, 3.63) is 107 Å². The normalized spacial score (nSPS) is 17.5. The van der Waals surface area contributed by atoms with Gasteiger partial charge in [-0.2, -0.15) is 0 Å². The highest BCUT2D eigenvalue weighted by atomic mass is 16.5. The average Bonchev–Trinajstić information content (AvgIpc) is 3.68. The van der Waals surface area contributed by atoms with Crippen LogP contribution < -0.4 is 0 Å². The summed E-state index contributed by atoms with van der Waals surface area (Å²) >= 11 is 0. The van der Waals surface area contributed by atoms with Gasteiger partial charge in [-0.3, -0.25) is 19.3 Å². The zero-order valence-corrected chi connectivity index (χ0v) is 21.2. The number of rotatable bonds is 7. The molecule has 2 aliphatic heterocycles. The van der Waals surface area contributed by atoms with E-state index in [0.29, 0.717) is 19.4 Å². The van der Waals surface area contributed by atoms with Gasteiger partial charge in [0.25, 0.3) is 11.8 Å². The second kappa shape index (κ2) is 10.2. The Labute approximate surface area is 225 Å².